The van der Waals surface area contributed by atoms with E-state index < -0.39 is 0 Å². The van der Waals surface area contributed by atoms with E-state index in [-0.39, 0.29) is 0 Å². The summed E-state index contributed by atoms with van der Waals surface area (Å²) in [5.41, 5.74) is 0. The Balaban J connectivity index is 2.34. The SMILES string of the molecule is CN=C(NCCSC)N1CCC(CC(C)C)C1. The van der Waals surface area contributed by atoms with Gasteiger partial charge in [-0.2, -0.15) is 11.8 Å². The van der Waals surface area contributed by atoms with Crippen LogP contribution >= 0.6 is 11.8 Å². The van der Waals surface area contributed by atoms with Gasteiger partial charge in [0.1, 0.15) is 0 Å². The van der Waals surface area contributed by atoms with Crippen LogP contribution in [-0.4, -0.2) is 49.6 Å². The molecule has 0 aromatic carbocycles. The third-order valence-electron chi connectivity index (χ3n) is 3.19. The van der Waals surface area contributed by atoms with Crippen molar-refractivity contribution < 1.29 is 0 Å². The molecule has 1 N–H and O–H groups in total. The largest absolute Gasteiger partial charge is 0.355 e. The number of hydrogen-bond donors (Lipinski definition) is 1. The number of nitrogens with zero attached hydrogens (tertiary/aromatic N) is 2. The highest BCUT2D eigenvalue weighted by Gasteiger charge is 2.24. The molecule has 1 saturated heterocycles. The molecule has 0 amide bonds. The summed E-state index contributed by atoms with van der Waals surface area (Å²) in [7, 11) is 1.89. The van der Waals surface area contributed by atoms with Crippen LogP contribution in [0.2, 0.25) is 0 Å². The second kappa shape index (κ2) is 7.85. The third kappa shape index (κ3) is 5.19. The first-order valence-corrected chi connectivity index (χ1v) is 8.01. The quantitative estimate of drug-likeness (QED) is 0.465. The summed E-state index contributed by atoms with van der Waals surface area (Å²) in [6, 6.07) is 0. The zero-order valence-electron chi connectivity index (χ0n) is 11.7. The highest BCUT2D eigenvalue weighted by Crippen LogP contribution is 2.23. The molecular weight excluding hydrogens is 230 g/mol. The lowest BCUT2D eigenvalue weighted by Crippen LogP contribution is -2.41. The van der Waals surface area contributed by atoms with Crippen molar-refractivity contribution in [1.29, 1.82) is 0 Å². The van der Waals surface area contributed by atoms with Gasteiger partial charge in [-0.1, -0.05) is 13.8 Å². The molecule has 1 atom stereocenters. The fourth-order valence-corrected chi connectivity index (χ4v) is 2.79. The van der Waals surface area contributed by atoms with Crippen LogP contribution in [0.1, 0.15) is 26.7 Å². The van der Waals surface area contributed by atoms with Crippen LogP contribution in [-0.2, 0) is 0 Å². The van der Waals surface area contributed by atoms with Gasteiger partial charge in [0.15, 0.2) is 5.96 Å². The molecule has 100 valence electrons. The maximum atomic E-state index is 4.38. The van der Waals surface area contributed by atoms with E-state index in [1.54, 1.807) is 0 Å². The molecule has 0 aromatic heterocycles. The molecule has 1 fully saturated rings. The van der Waals surface area contributed by atoms with Crippen LogP contribution in [0.4, 0.5) is 0 Å². The van der Waals surface area contributed by atoms with Crippen LogP contribution < -0.4 is 5.32 Å². The van der Waals surface area contributed by atoms with Gasteiger partial charge in [-0.05, 0) is 30.9 Å². The first kappa shape index (κ1) is 14.7. The molecule has 1 heterocycles. The Bertz CT molecular complexity index is 241. The van der Waals surface area contributed by atoms with Crippen LogP contribution in [0.25, 0.3) is 0 Å². The van der Waals surface area contributed by atoms with Crippen LogP contribution in [0, 0.1) is 11.8 Å². The lowest BCUT2D eigenvalue weighted by Gasteiger charge is -2.22. The smallest absolute Gasteiger partial charge is 0.193 e. The molecule has 4 heteroatoms. The Labute approximate surface area is 110 Å². The molecule has 1 rings (SSSR count). The molecule has 0 aromatic rings. The molecule has 17 heavy (non-hydrogen) atoms. The Morgan fingerprint density at radius 1 is 1.53 bits per heavy atom. The van der Waals surface area contributed by atoms with E-state index in [1.165, 1.54) is 19.4 Å². The van der Waals surface area contributed by atoms with E-state index in [4.69, 9.17) is 0 Å². The fourth-order valence-electron chi connectivity index (χ4n) is 2.48. The average Bonchev–Trinajstić information content (AvgIpc) is 2.72. The van der Waals surface area contributed by atoms with E-state index in [0.29, 0.717) is 0 Å². The van der Waals surface area contributed by atoms with E-state index >= 15 is 0 Å². The average molecular weight is 257 g/mol. The van der Waals surface area contributed by atoms with Crippen molar-refractivity contribution in [3.8, 4) is 0 Å². The van der Waals surface area contributed by atoms with Crippen LogP contribution in [0.5, 0.6) is 0 Å². The minimum atomic E-state index is 0.811. The fraction of sp³-hybridized carbons (Fsp3) is 0.923. The lowest BCUT2D eigenvalue weighted by atomic mass is 9.97. The van der Waals surface area contributed by atoms with Gasteiger partial charge in [0, 0.05) is 32.4 Å². The second-order valence-corrected chi connectivity index (χ2v) is 6.18. The minimum Gasteiger partial charge on any atom is -0.355 e. The molecule has 0 bridgehead atoms. The van der Waals surface area contributed by atoms with E-state index in [2.05, 4.69) is 35.3 Å². The van der Waals surface area contributed by atoms with Crippen molar-refractivity contribution in [2.45, 2.75) is 26.7 Å². The minimum absolute atomic E-state index is 0.811. The van der Waals surface area contributed by atoms with Gasteiger partial charge >= 0.3 is 0 Å². The molecule has 1 aliphatic rings. The van der Waals surface area contributed by atoms with Crippen molar-refractivity contribution in [2.75, 3.05) is 38.7 Å². The lowest BCUT2D eigenvalue weighted by molar-refractivity contribution is 0.404. The van der Waals surface area contributed by atoms with Crippen molar-refractivity contribution in [1.82, 2.24) is 10.2 Å². The van der Waals surface area contributed by atoms with E-state index in [9.17, 15) is 0 Å². The maximum absolute atomic E-state index is 4.38. The summed E-state index contributed by atoms with van der Waals surface area (Å²) in [4.78, 5) is 6.79. The Hall–Kier alpha value is -0.380. The topological polar surface area (TPSA) is 27.6 Å². The van der Waals surface area contributed by atoms with Crippen molar-refractivity contribution in [3.63, 3.8) is 0 Å². The molecule has 0 saturated carbocycles. The monoisotopic (exact) mass is 257 g/mol. The van der Waals surface area contributed by atoms with Crippen LogP contribution in [0.3, 0.4) is 0 Å². The van der Waals surface area contributed by atoms with Crippen molar-refractivity contribution in [3.05, 3.63) is 0 Å². The predicted molar refractivity (Wildman–Crippen MR) is 78.9 cm³/mol. The maximum Gasteiger partial charge on any atom is 0.193 e. The normalized spacial score (nSPS) is 21.4. The number of nitrogens with one attached hydrogen (secondary N) is 1. The number of rotatable bonds is 5. The predicted octanol–water partition coefficient (Wildman–Crippen LogP) is 2.29. The van der Waals surface area contributed by atoms with Gasteiger partial charge < -0.3 is 10.2 Å². The van der Waals surface area contributed by atoms with Gasteiger partial charge in [0.05, 0.1) is 0 Å². The van der Waals surface area contributed by atoms with E-state index in [1.807, 2.05) is 18.8 Å². The summed E-state index contributed by atoms with van der Waals surface area (Å²) < 4.78 is 0. The summed E-state index contributed by atoms with van der Waals surface area (Å²) in [6.07, 6.45) is 4.80. The first-order valence-electron chi connectivity index (χ1n) is 6.62. The van der Waals surface area contributed by atoms with Gasteiger partial charge in [-0.25, -0.2) is 0 Å². The number of likely N-dealkylation sites (tertiary alicyclic amines) is 1. The number of thioether (sulfide) groups is 1. The molecule has 1 unspecified atom stereocenters. The van der Waals surface area contributed by atoms with Gasteiger partial charge in [-0.15, -0.1) is 0 Å². The third-order valence-corrected chi connectivity index (χ3v) is 3.80. The van der Waals surface area contributed by atoms with Crippen LogP contribution in [0.15, 0.2) is 4.99 Å². The highest BCUT2D eigenvalue weighted by atomic mass is 32.2. The zero-order chi connectivity index (χ0) is 12.7. The molecule has 0 aliphatic carbocycles. The van der Waals surface area contributed by atoms with Gasteiger partial charge in [0.2, 0.25) is 0 Å². The highest BCUT2D eigenvalue weighted by molar-refractivity contribution is 7.98. The summed E-state index contributed by atoms with van der Waals surface area (Å²) in [5.74, 6) is 3.90. The number of aliphatic imine (C=N–C) groups is 1. The van der Waals surface area contributed by atoms with Gasteiger partial charge in [0.25, 0.3) is 0 Å². The zero-order valence-corrected chi connectivity index (χ0v) is 12.5. The molecular formula is C13H27N3S. The van der Waals surface area contributed by atoms with Crippen molar-refractivity contribution >= 4 is 17.7 Å². The standard InChI is InChI=1S/C13H27N3S/c1-11(2)9-12-5-7-16(10-12)13(14-3)15-6-8-17-4/h11-12H,5-10H2,1-4H3,(H,14,15). The Morgan fingerprint density at radius 3 is 2.88 bits per heavy atom. The molecule has 3 nitrogen and oxygen atoms in total. The number of hydrogen-bond acceptors (Lipinski definition) is 2. The summed E-state index contributed by atoms with van der Waals surface area (Å²) in [5, 5.41) is 3.44. The molecule has 0 radical (unpaired) electrons. The first-order chi connectivity index (χ1) is 8.17. The number of guanidine groups is 1. The molecule has 1 aliphatic heterocycles. The summed E-state index contributed by atoms with van der Waals surface area (Å²) >= 11 is 1.87. The van der Waals surface area contributed by atoms with Crippen molar-refractivity contribution in [2.24, 2.45) is 16.8 Å². The van der Waals surface area contributed by atoms with Gasteiger partial charge in [-0.3, -0.25) is 4.99 Å². The Morgan fingerprint density at radius 2 is 2.29 bits per heavy atom. The molecule has 0 spiro atoms. The summed E-state index contributed by atoms with van der Waals surface area (Å²) in [6.45, 7) is 7.98. The Kier molecular flexibility index (Phi) is 6.78. The second-order valence-electron chi connectivity index (χ2n) is 5.20. The van der Waals surface area contributed by atoms with E-state index in [0.717, 1.165) is 36.6 Å².